The third-order valence-corrected chi connectivity index (χ3v) is 3.90. The maximum atomic E-state index is 12.1. The van der Waals surface area contributed by atoms with E-state index >= 15 is 0 Å². The fourth-order valence-corrected chi connectivity index (χ4v) is 2.48. The smallest absolute Gasteiger partial charge is 0.265 e. The first-order valence-electron chi connectivity index (χ1n) is 6.42. The number of amides is 1. The SMILES string of the molecule is COCCC(C)NC(=O)c1sc(NC2CC2)nc1N. The highest BCUT2D eigenvalue weighted by Crippen LogP contribution is 2.30. The van der Waals surface area contributed by atoms with Crippen molar-refractivity contribution in [3.63, 3.8) is 0 Å². The number of hydrogen-bond donors (Lipinski definition) is 3. The number of methoxy groups -OCH3 is 1. The van der Waals surface area contributed by atoms with Crippen LogP contribution < -0.4 is 16.4 Å². The predicted octanol–water partition coefficient (Wildman–Crippen LogP) is 1.45. The number of thiazole rings is 1. The zero-order chi connectivity index (χ0) is 13.8. The molecule has 1 saturated carbocycles. The zero-order valence-electron chi connectivity index (χ0n) is 11.2. The average molecular weight is 284 g/mol. The summed E-state index contributed by atoms with van der Waals surface area (Å²) in [4.78, 5) is 16.7. The number of carbonyl (C=O) groups is 1. The fourth-order valence-electron chi connectivity index (χ4n) is 1.61. The van der Waals surface area contributed by atoms with Crippen molar-refractivity contribution in [3.05, 3.63) is 4.88 Å². The molecular formula is C12H20N4O2S. The molecule has 0 bridgehead atoms. The van der Waals surface area contributed by atoms with Gasteiger partial charge in [-0.1, -0.05) is 11.3 Å². The van der Waals surface area contributed by atoms with Crippen molar-refractivity contribution >= 4 is 28.2 Å². The van der Waals surface area contributed by atoms with Crippen molar-refractivity contribution in [2.24, 2.45) is 0 Å². The monoisotopic (exact) mass is 284 g/mol. The summed E-state index contributed by atoms with van der Waals surface area (Å²) >= 11 is 1.31. The van der Waals surface area contributed by atoms with E-state index in [2.05, 4.69) is 15.6 Å². The van der Waals surface area contributed by atoms with Gasteiger partial charge in [0.25, 0.3) is 5.91 Å². The van der Waals surface area contributed by atoms with Crippen LogP contribution in [-0.4, -0.2) is 36.7 Å². The Hall–Kier alpha value is -1.34. The first kappa shape index (κ1) is 14.1. The predicted molar refractivity (Wildman–Crippen MR) is 76.6 cm³/mol. The van der Waals surface area contributed by atoms with Gasteiger partial charge in [0.1, 0.15) is 10.7 Å². The zero-order valence-corrected chi connectivity index (χ0v) is 12.0. The first-order valence-corrected chi connectivity index (χ1v) is 7.24. The summed E-state index contributed by atoms with van der Waals surface area (Å²) in [5, 5.41) is 6.88. The molecule has 0 aromatic carbocycles. The van der Waals surface area contributed by atoms with Gasteiger partial charge in [0, 0.05) is 25.8 Å². The van der Waals surface area contributed by atoms with E-state index in [9.17, 15) is 4.79 Å². The Kier molecular flexibility index (Phi) is 4.60. The molecule has 1 atom stereocenters. The highest BCUT2D eigenvalue weighted by atomic mass is 32.1. The van der Waals surface area contributed by atoms with Gasteiger partial charge in [-0.15, -0.1) is 0 Å². The van der Waals surface area contributed by atoms with Gasteiger partial charge in [-0.25, -0.2) is 4.98 Å². The van der Waals surface area contributed by atoms with Crippen molar-refractivity contribution in [3.8, 4) is 0 Å². The third-order valence-electron chi connectivity index (χ3n) is 2.90. The van der Waals surface area contributed by atoms with E-state index in [0.29, 0.717) is 23.3 Å². The lowest BCUT2D eigenvalue weighted by molar-refractivity contribution is 0.0934. The van der Waals surface area contributed by atoms with E-state index in [4.69, 9.17) is 10.5 Å². The van der Waals surface area contributed by atoms with Crippen LogP contribution in [0.15, 0.2) is 0 Å². The summed E-state index contributed by atoms with van der Waals surface area (Å²) < 4.78 is 4.98. The van der Waals surface area contributed by atoms with Crippen LogP contribution in [0.25, 0.3) is 0 Å². The second kappa shape index (κ2) is 6.21. The topological polar surface area (TPSA) is 89.3 Å². The first-order chi connectivity index (χ1) is 9.10. The number of hydrogen-bond acceptors (Lipinski definition) is 6. The lowest BCUT2D eigenvalue weighted by Gasteiger charge is -2.12. The summed E-state index contributed by atoms with van der Waals surface area (Å²) in [6.07, 6.45) is 3.10. The molecule has 19 heavy (non-hydrogen) atoms. The number of nitrogens with one attached hydrogen (secondary N) is 2. The van der Waals surface area contributed by atoms with Gasteiger partial charge in [0.15, 0.2) is 5.13 Å². The van der Waals surface area contributed by atoms with E-state index in [0.717, 1.165) is 24.4 Å². The Morgan fingerprint density at radius 2 is 2.37 bits per heavy atom. The Bertz CT molecular complexity index is 445. The van der Waals surface area contributed by atoms with Crippen LogP contribution in [0.3, 0.4) is 0 Å². The van der Waals surface area contributed by atoms with Crippen molar-refractivity contribution in [1.82, 2.24) is 10.3 Å². The van der Waals surface area contributed by atoms with Crippen molar-refractivity contribution in [2.45, 2.75) is 38.3 Å². The van der Waals surface area contributed by atoms with E-state index in [1.165, 1.54) is 11.3 Å². The molecule has 6 nitrogen and oxygen atoms in total. The molecule has 0 aliphatic heterocycles. The number of ether oxygens (including phenoxy) is 1. The minimum Gasteiger partial charge on any atom is -0.385 e. The van der Waals surface area contributed by atoms with Gasteiger partial charge in [-0.3, -0.25) is 4.79 Å². The van der Waals surface area contributed by atoms with E-state index < -0.39 is 0 Å². The van der Waals surface area contributed by atoms with Gasteiger partial charge < -0.3 is 21.1 Å². The van der Waals surface area contributed by atoms with Gasteiger partial charge in [0.05, 0.1) is 0 Å². The van der Waals surface area contributed by atoms with Crippen LogP contribution in [-0.2, 0) is 4.74 Å². The van der Waals surface area contributed by atoms with E-state index in [1.54, 1.807) is 7.11 Å². The molecule has 1 aromatic heterocycles. The summed E-state index contributed by atoms with van der Waals surface area (Å²) in [5.41, 5.74) is 5.79. The molecule has 2 rings (SSSR count). The molecule has 4 N–H and O–H groups in total. The van der Waals surface area contributed by atoms with Crippen LogP contribution >= 0.6 is 11.3 Å². The Morgan fingerprint density at radius 1 is 1.63 bits per heavy atom. The lowest BCUT2D eigenvalue weighted by Crippen LogP contribution is -2.33. The summed E-state index contributed by atoms with van der Waals surface area (Å²) in [6, 6.07) is 0.552. The van der Waals surface area contributed by atoms with Crippen LogP contribution in [0.5, 0.6) is 0 Å². The Morgan fingerprint density at radius 3 is 3.00 bits per heavy atom. The summed E-state index contributed by atoms with van der Waals surface area (Å²) in [7, 11) is 1.64. The molecule has 1 aliphatic carbocycles. The standard InChI is InChI=1S/C12H20N4O2S/c1-7(5-6-18-2)14-11(17)9-10(13)16-12(19-9)15-8-3-4-8/h7-8H,3-6,13H2,1-2H3,(H,14,17)(H,15,16). The third kappa shape index (κ3) is 4.07. The van der Waals surface area contributed by atoms with Gasteiger partial charge in [-0.05, 0) is 26.2 Å². The molecule has 1 unspecified atom stereocenters. The second-order valence-corrected chi connectivity index (χ2v) is 5.81. The molecule has 7 heteroatoms. The number of nitrogens with zero attached hydrogens (tertiary/aromatic N) is 1. The normalized spacial score (nSPS) is 16.1. The summed E-state index contributed by atoms with van der Waals surface area (Å²) in [5.74, 6) is 0.132. The van der Waals surface area contributed by atoms with Crippen LogP contribution in [0.1, 0.15) is 35.9 Å². The number of aromatic nitrogens is 1. The van der Waals surface area contributed by atoms with Crippen LogP contribution in [0, 0.1) is 0 Å². The molecule has 1 amide bonds. The van der Waals surface area contributed by atoms with Crippen molar-refractivity contribution < 1.29 is 9.53 Å². The second-order valence-electron chi connectivity index (χ2n) is 4.81. The molecular weight excluding hydrogens is 264 g/mol. The maximum Gasteiger partial charge on any atom is 0.265 e. The molecule has 0 spiro atoms. The minimum absolute atomic E-state index is 0.0498. The van der Waals surface area contributed by atoms with Crippen LogP contribution in [0.2, 0.25) is 0 Å². The summed E-state index contributed by atoms with van der Waals surface area (Å²) in [6.45, 7) is 2.56. The lowest BCUT2D eigenvalue weighted by atomic mass is 10.2. The highest BCUT2D eigenvalue weighted by molar-refractivity contribution is 7.18. The maximum absolute atomic E-state index is 12.1. The number of nitrogen functional groups attached to an aromatic ring is 1. The van der Waals surface area contributed by atoms with E-state index in [-0.39, 0.29) is 11.9 Å². The van der Waals surface area contributed by atoms with Gasteiger partial charge >= 0.3 is 0 Å². The number of nitrogens with two attached hydrogens (primary N) is 1. The average Bonchev–Trinajstić information content (AvgIpc) is 3.09. The molecule has 1 aromatic rings. The Labute approximate surface area is 116 Å². The molecule has 0 saturated heterocycles. The molecule has 1 aliphatic rings. The largest absolute Gasteiger partial charge is 0.385 e. The van der Waals surface area contributed by atoms with Gasteiger partial charge in [0.2, 0.25) is 0 Å². The quantitative estimate of drug-likeness (QED) is 0.705. The number of carbonyl (C=O) groups excluding carboxylic acids is 1. The van der Waals surface area contributed by atoms with Crippen LogP contribution in [0.4, 0.5) is 10.9 Å². The highest BCUT2D eigenvalue weighted by Gasteiger charge is 2.24. The van der Waals surface area contributed by atoms with E-state index in [1.807, 2.05) is 6.92 Å². The van der Waals surface area contributed by atoms with Gasteiger partial charge in [-0.2, -0.15) is 0 Å². The molecule has 0 radical (unpaired) electrons. The minimum atomic E-state index is -0.164. The molecule has 106 valence electrons. The molecule has 1 fully saturated rings. The fraction of sp³-hybridized carbons (Fsp3) is 0.667. The van der Waals surface area contributed by atoms with Crippen molar-refractivity contribution in [1.29, 1.82) is 0 Å². The number of rotatable bonds is 7. The Balaban J connectivity index is 1.91. The van der Waals surface area contributed by atoms with Crippen molar-refractivity contribution in [2.75, 3.05) is 24.8 Å². The molecule has 1 heterocycles. The number of anilines is 2.